The number of nitrogens with zero attached hydrogens (tertiary/aromatic N) is 2. The zero-order valence-corrected chi connectivity index (χ0v) is 12.7. The minimum absolute atomic E-state index is 0.575. The van der Waals surface area contributed by atoms with Crippen molar-refractivity contribution >= 4 is 12.3 Å². The van der Waals surface area contributed by atoms with Crippen molar-refractivity contribution in [1.29, 1.82) is 0 Å². The fourth-order valence-electron chi connectivity index (χ4n) is 2.58. The number of azo groups is 1. The molecule has 0 saturated heterocycles. The number of carboxylic acid groups (broad SMARTS) is 4. The molecule has 8 heteroatoms. The Morgan fingerprint density at radius 3 is 1.05 bits per heavy atom. The van der Waals surface area contributed by atoms with Crippen LogP contribution < -0.4 is 0 Å². The lowest BCUT2D eigenvalue weighted by Crippen LogP contribution is -2.12. The summed E-state index contributed by atoms with van der Waals surface area (Å²) in [4.78, 5) is 17.1. The van der Waals surface area contributed by atoms with Crippen molar-refractivity contribution in [3.05, 3.63) is 0 Å². The van der Waals surface area contributed by atoms with Crippen molar-refractivity contribution in [3.8, 4) is 0 Å². The van der Waals surface area contributed by atoms with Crippen LogP contribution in [-0.2, 0) is 0 Å². The third kappa shape index (κ3) is 14.5. The predicted molar refractivity (Wildman–Crippen MR) is 79.9 cm³/mol. The molecule has 8 nitrogen and oxygen atoms in total. The molecule has 0 aliphatic heterocycles. The minimum atomic E-state index is -1.83. The van der Waals surface area contributed by atoms with Gasteiger partial charge in [-0.2, -0.15) is 10.2 Å². The molecule has 2 aliphatic rings. The summed E-state index contributed by atoms with van der Waals surface area (Å²) in [5.41, 5.74) is 0. The highest BCUT2D eigenvalue weighted by Crippen LogP contribution is 2.24. The lowest BCUT2D eigenvalue weighted by molar-refractivity contribution is 0.135. The number of rotatable bonds is 2. The fourth-order valence-corrected chi connectivity index (χ4v) is 2.58. The Kier molecular flexibility index (Phi) is 11.8. The first-order valence-electron chi connectivity index (χ1n) is 7.65. The van der Waals surface area contributed by atoms with Gasteiger partial charge in [-0.25, -0.2) is 9.59 Å². The van der Waals surface area contributed by atoms with E-state index in [-0.39, 0.29) is 0 Å². The third-order valence-electron chi connectivity index (χ3n) is 3.54. The Labute approximate surface area is 129 Å². The Morgan fingerprint density at radius 1 is 0.591 bits per heavy atom. The molecule has 2 fully saturated rings. The predicted octanol–water partition coefficient (Wildman–Crippen LogP) is 4.55. The zero-order valence-electron chi connectivity index (χ0n) is 12.7. The molecule has 0 radical (unpaired) electrons. The van der Waals surface area contributed by atoms with Crippen molar-refractivity contribution in [2.45, 2.75) is 76.3 Å². The van der Waals surface area contributed by atoms with Gasteiger partial charge in [0.2, 0.25) is 0 Å². The van der Waals surface area contributed by atoms with E-state index < -0.39 is 12.3 Å². The Hall–Kier alpha value is -1.86. The van der Waals surface area contributed by atoms with Gasteiger partial charge in [0.25, 0.3) is 0 Å². The Morgan fingerprint density at radius 2 is 0.818 bits per heavy atom. The smallest absolute Gasteiger partial charge is 0.450 e. The van der Waals surface area contributed by atoms with Gasteiger partial charge in [0.15, 0.2) is 0 Å². The van der Waals surface area contributed by atoms with E-state index in [1.165, 1.54) is 64.2 Å². The second kappa shape index (κ2) is 12.8. The summed E-state index contributed by atoms with van der Waals surface area (Å²) >= 11 is 0. The first kappa shape index (κ1) is 20.1. The van der Waals surface area contributed by atoms with Gasteiger partial charge >= 0.3 is 12.3 Å². The molecule has 0 heterocycles. The van der Waals surface area contributed by atoms with Gasteiger partial charge in [0, 0.05) is 0 Å². The molecule has 4 N–H and O–H groups in total. The van der Waals surface area contributed by atoms with Gasteiger partial charge in [0.05, 0.1) is 12.1 Å². The van der Waals surface area contributed by atoms with Crippen LogP contribution in [-0.4, -0.2) is 44.8 Å². The van der Waals surface area contributed by atoms with E-state index in [4.69, 9.17) is 30.0 Å². The monoisotopic (exact) mass is 318 g/mol. The van der Waals surface area contributed by atoms with Crippen LogP contribution >= 0.6 is 0 Å². The van der Waals surface area contributed by atoms with E-state index in [1.807, 2.05) is 0 Å². The zero-order chi connectivity index (χ0) is 16.8. The van der Waals surface area contributed by atoms with Crippen LogP contribution in [0.4, 0.5) is 9.59 Å². The average molecular weight is 318 g/mol. The summed E-state index contributed by atoms with van der Waals surface area (Å²) in [7, 11) is 0. The van der Waals surface area contributed by atoms with Crippen molar-refractivity contribution in [1.82, 2.24) is 0 Å². The number of hydrogen-bond donors (Lipinski definition) is 4. The van der Waals surface area contributed by atoms with Crippen molar-refractivity contribution in [2.24, 2.45) is 10.2 Å². The van der Waals surface area contributed by atoms with Gasteiger partial charge in [-0.15, -0.1) is 0 Å². The second-order valence-corrected chi connectivity index (χ2v) is 5.38. The maximum atomic E-state index is 8.56. The standard InChI is InChI=1S/C12H22N2.2CH2O3/c1-3-7-11(8-4-1)13-14-12-9-5-2-6-10-12;2*2-1(3)4/h11-12H,1-10H2;2*(H2,2,3,4). The van der Waals surface area contributed by atoms with Crippen LogP contribution in [0.2, 0.25) is 0 Å². The molecule has 128 valence electrons. The molecule has 0 spiro atoms. The first-order valence-corrected chi connectivity index (χ1v) is 7.65. The molecule has 0 atom stereocenters. The van der Waals surface area contributed by atoms with Crippen LogP contribution in [0.3, 0.4) is 0 Å². The van der Waals surface area contributed by atoms with Gasteiger partial charge in [-0.05, 0) is 25.7 Å². The topological polar surface area (TPSA) is 140 Å². The average Bonchev–Trinajstić information content (AvgIpc) is 2.46. The van der Waals surface area contributed by atoms with Gasteiger partial charge in [-0.3, -0.25) is 0 Å². The normalized spacial score (nSPS) is 19.5. The number of hydrogen-bond acceptors (Lipinski definition) is 4. The summed E-state index contributed by atoms with van der Waals surface area (Å²) in [6.45, 7) is 0. The summed E-state index contributed by atoms with van der Waals surface area (Å²) in [6.07, 6.45) is 9.79. The van der Waals surface area contributed by atoms with Crippen molar-refractivity contribution < 1.29 is 30.0 Å². The lowest BCUT2D eigenvalue weighted by Gasteiger charge is -2.19. The SMILES string of the molecule is C1CCC(N=NC2CCCCC2)CC1.O=C(O)O.O=C(O)O. The number of carbonyl (C=O) groups is 2. The molecule has 2 saturated carbocycles. The Bertz CT molecular complexity index is 296. The van der Waals surface area contributed by atoms with Crippen LogP contribution in [0.15, 0.2) is 10.2 Å². The quantitative estimate of drug-likeness (QED) is 0.550. The fraction of sp³-hybridized carbons (Fsp3) is 0.857. The summed E-state index contributed by atoms with van der Waals surface area (Å²) in [6, 6.07) is 1.15. The van der Waals surface area contributed by atoms with E-state index in [1.54, 1.807) is 0 Å². The highest BCUT2D eigenvalue weighted by Gasteiger charge is 2.15. The maximum absolute atomic E-state index is 8.56. The van der Waals surface area contributed by atoms with Crippen molar-refractivity contribution in [3.63, 3.8) is 0 Å². The lowest BCUT2D eigenvalue weighted by atomic mass is 9.95. The highest BCUT2D eigenvalue weighted by atomic mass is 16.6. The molecule has 0 aromatic carbocycles. The molecule has 0 bridgehead atoms. The molecule has 2 rings (SSSR count). The third-order valence-corrected chi connectivity index (χ3v) is 3.54. The molecule has 2 aliphatic carbocycles. The van der Waals surface area contributed by atoms with Gasteiger partial charge in [0.1, 0.15) is 0 Å². The minimum Gasteiger partial charge on any atom is -0.450 e. The summed E-state index contributed by atoms with van der Waals surface area (Å²) in [5.74, 6) is 0. The molecular weight excluding hydrogens is 292 g/mol. The van der Waals surface area contributed by atoms with Gasteiger partial charge < -0.3 is 20.4 Å². The molecule has 0 amide bonds. The van der Waals surface area contributed by atoms with Crippen LogP contribution in [0, 0.1) is 0 Å². The van der Waals surface area contributed by atoms with Crippen molar-refractivity contribution in [2.75, 3.05) is 0 Å². The molecule has 0 aromatic rings. The summed E-state index contributed by atoms with van der Waals surface area (Å²) in [5, 5.41) is 37.0. The highest BCUT2D eigenvalue weighted by molar-refractivity contribution is 5.53. The second-order valence-electron chi connectivity index (χ2n) is 5.38. The molecule has 0 aromatic heterocycles. The van der Waals surface area contributed by atoms with Crippen LogP contribution in [0.25, 0.3) is 0 Å². The van der Waals surface area contributed by atoms with Crippen LogP contribution in [0.5, 0.6) is 0 Å². The van der Waals surface area contributed by atoms with E-state index in [9.17, 15) is 0 Å². The largest absolute Gasteiger partial charge is 0.503 e. The summed E-state index contributed by atoms with van der Waals surface area (Å²) < 4.78 is 0. The molecular formula is C14H26N2O6. The van der Waals surface area contributed by atoms with E-state index in [0.29, 0.717) is 12.1 Å². The Balaban J connectivity index is 0.000000464. The van der Waals surface area contributed by atoms with E-state index >= 15 is 0 Å². The van der Waals surface area contributed by atoms with E-state index in [2.05, 4.69) is 10.2 Å². The first-order chi connectivity index (χ1) is 10.4. The van der Waals surface area contributed by atoms with Crippen LogP contribution in [0.1, 0.15) is 64.2 Å². The molecule has 0 unspecified atom stereocenters. The molecule has 22 heavy (non-hydrogen) atoms. The van der Waals surface area contributed by atoms with Gasteiger partial charge in [-0.1, -0.05) is 38.5 Å². The van der Waals surface area contributed by atoms with E-state index in [0.717, 1.165) is 0 Å². The maximum Gasteiger partial charge on any atom is 0.503 e.